The van der Waals surface area contributed by atoms with Gasteiger partial charge in [-0.1, -0.05) is 56.0 Å². The number of carboxylic acids is 1. The van der Waals surface area contributed by atoms with Gasteiger partial charge in [0.05, 0.1) is 44.9 Å². The predicted molar refractivity (Wildman–Crippen MR) is 275 cm³/mol. The lowest BCUT2D eigenvalue weighted by Crippen LogP contribution is -2.24. The van der Waals surface area contributed by atoms with Crippen LogP contribution in [-0.4, -0.2) is 70.1 Å². The van der Waals surface area contributed by atoms with Gasteiger partial charge in [-0.2, -0.15) is 0 Å². The Bertz CT molecular complexity index is 1940. The molecule has 0 saturated heterocycles. The van der Waals surface area contributed by atoms with E-state index in [1.54, 1.807) is 71.7 Å². The molecule has 2 rings (SSSR count). The number of carbonyl (C=O) groups is 4. The quantitative estimate of drug-likeness (QED) is 0.0673. The summed E-state index contributed by atoms with van der Waals surface area (Å²) in [5, 5.41) is 9.05. The molecule has 0 bridgehead atoms. The van der Waals surface area contributed by atoms with Crippen LogP contribution in [0.1, 0.15) is 76.3 Å². The molecule has 0 fully saturated rings. The van der Waals surface area contributed by atoms with Gasteiger partial charge in [-0.3, -0.25) is 19.2 Å². The third-order valence-electron chi connectivity index (χ3n) is 6.96. The lowest BCUT2D eigenvalue weighted by Gasteiger charge is -2.18. The maximum absolute atomic E-state index is 12.3. The Morgan fingerprint density at radius 2 is 1.00 bits per heavy atom. The minimum absolute atomic E-state index is 0.219. The number of esters is 3. The number of carboxylic acid groups (broad SMARTS) is 1. The molecule has 0 aliphatic carbocycles. The van der Waals surface area contributed by atoms with Crippen molar-refractivity contribution in [2.24, 2.45) is 0 Å². The van der Waals surface area contributed by atoms with Crippen LogP contribution >= 0.6 is 0 Å². The Morgan fingerprint density at radius 1 is 0.610 bits per heavy atom. The van der Waals surface area contributed by atoms with Crippen LogP contribution in [0.5, 0.6) is 11.5 Å². The van der Waals surface area contributed by atoms with E-state index in [-0.39, 0.29) is 17.9 Å². The number of para-hydroxylation sites is 2. The minimum atomic E-state index is -1.23. The van der Waals surface area contributed by atoms with Gasteiger partial charge in [0.15, 0.2) is 0 Å². The van der Waals surface area contributed by atoms with Crippen molar-refractivity contribution in [3.05, 3.63) is 59.7 Å². The summed E-state index contributed by atoms with van der Waals surface area (Å²) in [6.07, 6.45) is 1.73. The fourth-order valence-corrected chi connectivity index (χ4v) is 18.5. The van der Waals surface area contributed by atoms with Crippen LogP contribution < -0.4 is 9.47 Å². The van der Waals surface area contributed by atoms with Crippen LogP contribution in [0.15, 0.2) is 48.5 Å². The first-order chi connectivity index (χ1) is 28.1. The van der Waals surface area contributed by atoms with E-state index >= 15 is 0 Å². The summed E-state index contributed by atoms with van der Waals surface area (Å²) >= 11 is 18.2. The highest BCUT2D eigenvalue weighted by molar-refractivity contribution is 8.68. The van der Waals surface area contributed by atoms with Gasteiger partial charge in [-0.15, -0.1) is 0 Å². The van der Waals surface area contributed by atoms with E-state index < -0.39 is 25.9 Å². The number of aliphatic carboxylic acids is 1. The second-order valence-electron chi connectivity index (χ2n) is 12.5. The van der Waals surface area contributed by atoms with Crippen molar-refractivity contribution >= 4 is 157 Å². The first kappa shape index (κ1) is 60.1. The van der Waals surface area contributed by atoms with E-state index in [1.165, 1.54) is 53.3 Å². The predicted octanol–water partition coefficient (Wildman–Crippen LogP) is 6.96. The van der Waals surface area contributed by atoms with Crippen LogP contribution in [0.4, 0.5) is 0 Å². The van der Waals surface area contributed by atoms with Gasteiger partial charge < -0.3 is 28.8 Å². The van der Waals surface area contributed by atoms with E-state index in [4.69, 9.17) is 28.8 Å². The maximum atomic E-state index is 12.3. The topological polar surface area (TPSA) is 135 Å². The van der Waals surface area contributed by atoms with E-state index in [0.717, 1.165) is 11.6 Å². The van der Waals surface area contributed by atoms with E-state index in [0.29, 0.717) is 75.8 Å². The number of hydrogen-bond donors (Lipinski definition) is 1. The van der Waals surface area contributed by atoms with Gasteiger partial charge in [-0.05, 0) is 58.7 Å². The summed E-state index contributed by atoms with van der Waals surface area (Å²) < 4.78 is 26.5. The molecule has 2 atom stereocenters. The van der Waals surface area contributed by atoms with Gasteiger partial charge >= 0.3 is 23.9 Å². The largest absolute Gasteiger partial charge is 0.493 e. The highest BCUT2D eigenvalue weighted by Gasteiger charge is 2.22. The van der Waals surface area contributed by atoms with Crippen molar-refractivity contribution in [2.75, 3.05) is 33.0 Å². The first-order valence-corrected chi connectivity index (χ1v) is 36.2. The smallest absolute Gasteiger partial charge is 0.313 e. The second kappa shape index (κ2) is 39.8. The third-order valence-corrected chi connectivity index (χ3v) is 24.2. The summed E-state index contributed by atoms with van der Waals surface area (Å²) in [5.74, 6) is -1.41. The Hall–Kier alpha value is -1.00. The fourth-order valence-electron chi connectivity index (χ4n) is 4.10. The molecule has 10 nitrogen and oxygen atoms in total. The minimum Gasteiger partial charge on any atom is -0.493 e. The number of benzene rings is 2. The molecule has 0 radical (unpaired) electrons. The zero-order chi connectivity index (χ0) is 44.9. The number of carbonyl (C=O) groups excluding carboxylic acids is 3. The molecule has 1 N–H and O–H groups in total. The molecule has 334 valence electrons. The molecule has 24 heteroatoms. The molecule has 2 aromatic carbocycles. The van der Waals surface area contributed by atoms with Crippen molar-refractivity contribution in [1.82, 2.24) is 0 Å². The van der Waals surface area contributed by atoms with Gasteiger partial charge in [0.1, 0.15) is 11.5 Å². The molecule has 0 aromatic heterocycles. The molecule has 2 unspecified atom stereocenters. The van der Waals surface area contributed by atoms with Gasteiger partial charge in [-0.25, -0.2) is 0 Å². The van der Waals surface area contributed by atoms with Crippen molar-refractivity contribution in [1.29, 1.82) is 0 Å². The summed E-state index contributed by atoms with van der Waals surface area (Å²) in [6, 6.07) is 15.5. The third kappa shape index (κ3) is 34.2. The summed E-state index contributed by atoms with van der Waals surface area (Å²) in [7, 11) is 11.8. The van der Waals surface area contributed by atoms with Crippen LogP contribution in [-0.2, 0) is 158 Å². The van der Waals surface area contributed by atoms with Crippen LogP contribution in [0.25, 0.3) is 0 Å². The molecule has 59 heavy (non-hydrogen) atoms. The second-order valence-corrected chi connectivity index (χ2v) is 34.0. The van der Waals surface area contributed by atoms with Crippen LogP contribution in [0, 0.1) is 0 Å². The van der Waals surface area contributed by atoms with Gasteiger partial charge in [0, 0.05) is 157 Å². The SMILES string of the molecule is CCOC(=O)CCCOc1ccccc1C(C)C(=O)O.CCOC(=O)CCCOc1ccccc1C(C)C(=O)OCC[Si](C)(C)C.S=S=S=S=S=S.S=S=S=S=S=S=S. The van der Waals surface area contributed by atoms with Crippen molar-refractivity contribution < 1.29 is 48.0 Å². The Balaban J connectivity index is 0. The molecule has 0 heterocycles. The van der Waals surface area contributed by atoms with E-state index in [9.17, 15) is 19.2 Å². The average molecular weight is 1080 g/mol. The highest BCUT2D eigenvalue weighted by atomic mass is 33.4. The Labute approximate surface area is 395 Å². The molecule has 0 aliphatic rings. The molecule has 0 spiro atoms. The standard InChI is InChI=1S/C20H32O5Si.C15H20O5.S7.S6/c1-6-23-19(21)12-9-13-24-18-11-8-7-10-17(18)16(2)20(22)25-14-15-26(3,4)5;1-3-19-14(16)9-6-10-20-13-8-5-4-7-12(13)11(2)15(17)18;1-3-5-7-6-4-2;1-3-5-6-4-2/h7-8,10-11,16H,6,9,12-15H2,1-5H3;4-5,7-8,11H,3,6,9-10H2,1-2H3,(H,17,18);;. The maximum Gasteiger partial charge on any atom is 0.313 e. The molecule has 0 aliphatic heterocycles. The van der Waals surface area contributed by atoms with E-state index in [1.807, 2.05) is 31.2 Å². The molecule has 0 saturated carbocycles. The van der Waals surface area contributed by atoms with Crippen LogP contribution in [0.2, 0.25) is 25.7 Å². The monoisotopic (exact) mass is 1080 g/mol. The van der Waals surface area contributed by atoms with Crippen molar-refractivity contribution in [3.8, 4) is 11.5 Å². The average Bonchev–Trinajstić information content (AvgIpc) is 3.20. The summed E-state index contributed by atoms with van der Waals surface area (Å²) in [4.78, 5) is 45.9. The molecular formula is C35H52O10S13Si. The zero-order valence-corrected chi connectivity index (χ0v) is 45.4. The summed E-state index contributed by atoms with van der Waals surface area (Å²) in [5.41, 5.74) is 1.44. The first-order valence-electron chi connectivity index (χ1n) is 17.8. The Morgan fingerprint density at radius 3 is 1.37 bits per heavy atom. The van der Waals surface area contributed by atoms with E-state index in [2.05, 4.69) is 64.4 Å². The number of hydrogen-bond acceptors (Lipinski definition) is 13. The van der Waals surface area contributed by atoms with Crippen molar-refractivity contribution in [3.63, 3.8) is 0 Å². The normalized spacial score (nSPS) is 10.8. The Kier molecular flexibility index (Phi) is 40.6. The number of rotatable bonds is 19. The fraction of sp³-hybridized carbons (Fsp3) is 0.543. The lowest BCUT2D eigenvalue weighted by molar-refractivity contribution is -0.145. The zero-order valence-electron chi connectivity index (χ0n) is 33.8. The van der Waals surface area contributed by atoms with Gasteiger partial charge in [0.25, 0.3) is 0 Å². The van der Waals surface area contributed by atoms with Crippen LogP contribution in [0.3, 0.4) is 0 Å². The van der Waals surface area contributed by atoms with Crippen molar-refractivity contribution in [2.45, 2.75) is 90.9 Å². The summed E-state index contributed by atoms with van der Waals surface area (Å²) in [6.45, 7) is 15.7. The molecule has 2 aromatic rings. The molecular weight excluding hydrogens is 1030 g/mol. The number of ether oxygens (including phenoxy) is 5. The highest BCUT2D eigenvalue weighted by Crippen LogP contribution is 2.28. The molecule has 0 amide bonds. The lowest BCUT2D eigenvalue weighted by atomic mass is 10.0. The van der Waals surface area contributed by atoms with Gasteiger partial charge in [0.2, 0.25) is 0 Å².